The van der Waals surface area contributed by atoms with E-state index in [9.17, 15) is 31.9 Å². The third-order valence-electron chi connectivity index (χ3n) is 4.87. The number of nitrogen functional groups attached to an aromatic ring is 1. The summed E-state index contributed by atoms with van der Waals surface area (Å²) in [4.78, 5) is 39.5. The summed E-state index contributed by atoms with van der Waals surface area (Å²) < 4.78 is 61.2. The molecule has 0 fully saturated rings. The highest BCUT2D eigenvalue weighted by molar-refractivity contribution is 7.99. The molecule has 0 saturated carbocycles. The van der Waals surface area contributed by atoms with Crippen LogP contribution in [-0.2, 0) is 16.1 Å². The molecule has 0 saturated heterocycles. The molecule has 1 aliphatic rings. The molecule has 0 aliphatic carbocycles. The fourth-order valence-electron chi connectivity index (χ4n) is 3.37. The number of ether oxygens (including phenoxy) is 2. The van der Waals surface area contributed by atoms with Crippen LogP contribution in [0, 0.1) is 5.82 Å². The van der Waals surface area contributed by atoms with Crippen LogP contribution in [0.3, 0.4) is 0 Å². The van der Waals surface area contributed by atoms with Crippen molar-refractivity contribution >= 4 is 35.4 Å². The van der Waals surface area contributed by atoms with Crippen LogP contribution in [0.15, 0.2) is 41.3 Å². The van der Waals surface area contributed by atoms with Crippen molar-refractivity contribution in [1.82, 2.24) is 10.7 Å². The maximum absolute atomic E-state index is 14.6. The molecule has 2 aromatic rings. The van der Waals surface area contributed by atoms with Crippen molar-refractivity contribution in [1.29, 1.82) is 0 Å². The van der Waals surface area contributed by atoms with E-state index in [-0.39, 0.29) is 18.0 Å². The lowest BCUT2D eigenvalue weighted by Crippen LogP contribution is -2.50. The lowest BCUT2D eigenvalue weighted by molar-refractivity contribution is -0.274. The second-order valence-corrected chi connectivity index (χ2v) is 9.96. The number of amides is 3. The number of fused-ring (bicyclic) bond motifs is 1. The number of carbonyl (C=O) groups is 3. The molecule has 0 spiro atoms. The zero-order valence-corrected chi connectivity index (χ0v) is 20.8. The number of alkyl carbamates (subject to hydrolysis) is 1. The van der Waals surface area contributed by atoms with Gasteiger partial charge in [0.15, 0.2) is 0 Å². The number of benzene rings is 2. The number of nitrogens with two attached hydrogens (primary N) is 1. The first-order valence-corrected chi connectivity index (χ1v) is 11.8. The summed E-state index contributed by atoms with van der Waals surface area (Å²) in [5, 5.41) is 2.50. The van der Waals surface area contributed by atoms with Crippen LogP contribution in [0.1, 0.15) is 36.7 Å². The van der Waals surface area contributed by atoms with Crippen molar-refractivity contribution in [3.05, 3.63) is 53.3 Å². The number of hydrogen-bond donors (Lipinski definition) is 3. The first kappa shape index (κ1) is 28.1. The first-order chi connectivity index (χ1) is 17.2. The molecule has 1 heterocycles. The third kappa shape index (κ3) is 7.49. The standard InChI is InChI=1S/C23H24F4N4O5S/c1-22(2,3)36-21(34)29-16-11-37-18-9-15(24)14(19(32)30-28)8-17(18)31(20(16)33)10-12-4-6-13(7-5-12)35-23(25,26)27/h4-9,16H,10-11,28H2,1-3H3,(H,29,34)(H,30,32)/t16-/m0/s1. The van der Waals surface area contributed by atoms with Gasteiger partial charge >= 0.3 is 12.5 Å². The maximum atomic E-state index is 14.6. The Morgan fingerprint density at radius 1 is 1.16 bits per heavy atom. The minimum absolute atomic E-state index is 0.0157. The zero-order chi connectivity index (χ0) is 27.5. The van der Waals surface area contributed by atoms with Gasteiger partial charge in [-0.2, -0.15) is 0 Å². The highest BCUT2D eigenvalue weighted by Gasteiger charge is 2.35. The molecule has 2 aromatic carbocycles. The number of nitrogens with zero attached hydrogens (tertiary/aromatic N) is 1. The van der Waals surface area contributed by atoms with E-state index < -0.39 is 53.0 Å². The van der Waals surface area contributed by atoms with Gasteiger partial charge in [-0.05, 0) is 50.6 Å². The predicted molar refractivity (Wildman–Crippen MR) is 126 cm³/mol. The van der Waals surface area contributed by atoms with Gasteiger partial charge in [-0.15, -0.1) is 24.9 Å². The Morgan fingerprint density at radius 3 is 2.38 bits per heavy atom. The molecular weight excluding hydrogens is 520 g/mol. The van der Waals surface area contributed by atoms with E-state index in [1.807, 2.05) is 5.43 Å². The van der Waals surface area contributed by atoms with Crippen molar-refractivity contribution in [3.63, 3.8) is 0 Å². The molecule has 200 valence electrons. The van der Waals surface area contributed by atoms with E-state index in [1.165, 1.54) is 17.0 Å². The Morgan fingerprint density at radius 2 is 1.81 bits per heavy atom. The second-order valence-electron chi connectivity index (χ2n) is 8.90. The number of hydrazine groups is 1. The quantitative estimate of drug-likeness (QED) is 0.226. The van der Waals surface area contributed by atoms with Crippen LogP contribution in [0.25, 0.3) is 0 Å². The smallest absolute Gasteiger partial charge is 0.444 e. The lowest BCUT2D eigenvalue weighted by Gasteiger charge is -2.27. The van der Waals surface area contributed by atoms with Crippen LogP contribution in [0.4, 0.5) is 28.0 Å². The van der Waals surface area contributed by atoms with Gasteiger partial charge in [0.2, 0.25) is 0 Å². The highest BCUT2D eigenvalue weighted by Crippen LogP contribution is 2.37. The number of halogens is 4. The van der Waals surface area contributed by atoms with Crippen molar-refractivity contribution in [2.45, 2.75) is 50.2 Å². The van der Waals surface area contributed by atoms with Crippen LogP contribution < -0.4 is 26.2 Å². The number of thioether (sulfide) groups is 1. The van der Waals surface area contributed by atoms with Crippen LogP contribution in [0.5, 0.6) is 5.75 Å². The summed E-state index contributed by atoms with van der Waals surface area (Å²) in [7, 11) is 0. The van der Waals surface area contributed by atoms with E-state index in [0.717, 1.165) is 36.0 Å². The molecule has 14 heteroatoms. The van der Waals surface area contributed by atoms with Crippen LogP contribution in [0.2, 0.25) is 0 Å². The SMILES string of the molecule is CC(C)(C)OC(=O)N[C@H]1CSc2cc(F)c(C(=O)NN)cc2N(Cc2ccc(OC(F)(F)F)cc2)C1=O. The summed E-state index contributed by atoms with van der Waals surface area (Å²) in [5.41, 5.74) is 1.12. The molecule has 3 amide bonds. The Bertz CT molecular complexity index is 1190. The van der Waals surface area contributed by atoms with Gasteiger partial charge < -0.3 is 19.7 Å². The maximum Gasteiger partial charge on any atom is 0.573 e. The van der Waals surface area contributed by atoms with E-state index in [2.05, 4.69) is 10.1 Å². The first-order valence-electron chi connectivity index (χ1n) is 10.8. The number of nitrogens with one attached hydrogen (secondary N) is 2. The molecule has 9 nitrogen and oxygen atoms in total. The number of hydrogen-bond acceptors (Lipinski definition) is 7. The molecule has 0 bridgehead atoms. The minimum Gasteiger partial charge on any atom is -0.444 e. The van der Waals surface area contributed by atoms with Gasteiger partial charge in [0.1, 0.15) is 23.2 Å². The Kier molecular flexibility index (Phi) is 8.22. The van der Waals surface area contributed by atoms with Crippen LogP contribution in [-0.4, -0.2) is 41.7 Å². The van der Waals surface area contributed by atoms with E-state index in [1.54, 1.807) is 20.8 Å². The van der Waals surface area contributed by atoms with Crippen molar-refractivity contribution in [3.8, 4) is 5.75 Å². The van der Waals surface area contributed by atoms with Crippen molar-refractivity contribution in [2.24, 2.45) is 5.84 Å². The normalized spacial score (nSPS) is 15.9. The lowest BCUT2D eigenvalue weighted by atomic mass is 10.1. The molecule has 0 unspecified atom stereocenters. The summed E-state index contributed by atoms with van der Waals surface area (Å²) in [6.45, 7) is 4.77. The summed E-state index contributed by atoms with van der Waals surface area (Å²) in [6.07, 6.45) is -5.72. The average Bonchev–Trinajstić information content (AvgIpc) is 2.89. The predicted octanol–water partition coefficient (Wildman–Crippen LogP) is 3.86. The van der Waals surface area contributed by atoms with Crippen molar-refractivity contribution < 1.29 is 41.4 Å². The van der Waals surface area contributed by atoms with E-state index >= 15 is 0 Å². The molecule has 0 radical (unpaired) electrons. The molecule has 1 aliphatic heterocycles. The number of carbonyl (C=O) groups excluding carboxylic acids is 3. The van der Waals surface area contributed by atoms with Crippen molar-refractivity contribution in [2.75, 3.05) is 10.7 Å². The Labute approximate surface area is 213 Å². The number of alkyl halides is 3. The second kappa shape index (κ2) is 10.8. The van der Waals surface area contributed by atoms with Gasteiger partial charge in [-0.25, -0.2) is 15.0 Å². The summed E-state index contributed by atoms with van der Waals surface area (Å²) >= 11 is 1.07. The van der Waals surface area contributed by atoms with E-state index in [4.69, 9.17) is 10.6 Å². The molecule has 3 rings (SSSR count). The summed E-state index contributed by atoms with van der Waals surface area (Å²) in [6, 6.07) is 5.91. The minimum atomic E-state index is -4.87. The summed E-state index contributed by atoms with van der Waals surface area (Å²) in [5.74, 6) is 2.28. The Hall–Kier alpha value is -3.52. The van der Waals surface area contributed by atoms with Gasteiger partial charge in [0, 0.05) is 10.6 Å². The van der Waals surface area contributed by atoms with Gasteiger partial charge in [0.25, 0.3) is 11.8 Å². The van der Waals surface area contributed by atoms with Gasteiger partial charge in [-0.1, -0.05) is 12.1 Å². The third-order valence-corrected chi connectivity index (χ3v) is 6.01. The molecule has 4 N–H and O–H groups in total. The van der Waals surface area contributed by atoms with Gasteiger partial charge in [-0.3, -0.25) is 15.0 Å². The largest absolute Gasteiger partial charge is 0.573 e. The molecule has 0 aromatic heterocycles. The average molecular weight is 545 g/mol. The topological polar surface area (TPSA) is 123 Å². The highest BCUT2D eigenvalue weighted by atomic mass is 32.2. The zero-order valence-electron chi connectivity index (χ0n) is 19.9. The number of anilines is 1. The van der Waals surface area contributed by atoms with Gasteiger partial charge in [0.05, 0.1) is 17.8 Å². The number of rotatable bonds is 5. The monoisotopic (exact) mass is 544 g/mol. The fraction of sp³-hybridized carbons (Fsp3) is 0.348. The van der Waals surface area contributed by atoms with Crippen LogP contribution >= 0.6 is 11.8 Å². The molecular formula is C23H24F4N4O5S. The molecule has 1 atom stereocenters. The Balaban J connectivity index is 1.98. The molecule has 37 heavy (non-hydrogen) atoms. The fourth-order valence-corrected chi connectivity index (χ4v) is 4.44. The van der Waals surface area contributed by atoms with E-state index in [0.29, 0.717) is 10.5 Å².